The van der Waals surface area contributed by atoms with Gasteiger partial charge in [0.2, 0.25) is 11.3 Å². The molecule has 4 atom stereocenters. The molecule has 0 spiro atoms. The molecule has 7 N–H and O–H groups in total. The standard InChI is InChI=1S/C10H13N5O4/c11-8-4-9(13-2-12-4)15-10(14-8)7-6(18)5(17)3(1-16)19-7/h2-3,5-7,16-18H,1H2,(H3,11,12,13,14,15)/p+1/t3-,5-,6+,7?/m1/s1. The first-order chi connectivity index (χ1) is 9.11. The van der Waals surface area contributed by atoms with Crippen LogP contribution in [0, 0.1) is 0 Å². The molecule has 3 heterocycles. The average Bonchev–Trinajstić information content (AvgIpc) is 2.96. The number of ether oxygens (including phenoxy) is 1. The summed E-state index contributed by atoms with van der Waals surface area (Å²) in [4.78, 5) is 13.9. The number of H-pyrrole nitrogens is 2. The van der Waals surface area contributed by atoms with Gasteiger partial charge in [-0.25, -0.2) is 4.98 Å². The molecule has 1 aliphatic heterocycles. The van der Waals surface area contributed by atoms with E-state index in [1.54, 1.807) is 6.33 Å². The Balaban J connectivity index is 2.00. The van der Waals surface area contributed by atoms with Gasteiger partial charge in [0.15, 0.2) is 18.2 Å². The highest BCUT2D eigenvalue weighted by atomic mass is 16.6. The second kappa shape index (κ2) is 4.38. The molecule has 0 saturated carbocycles. The molecule has 0 aromatic carbocycles. The fourth-order valence-electron chi connectivity index (χ4n) is 2.16. The molecule has 0 radical (unpaired) electrons. The molecular formula is C10H14N5O4+. The number of aliphatic hydroxyl groups excluding tert-OH is 3. The molecule has 1 aliphatic rings. The Morgan fingerprint density at radius 1 is 1.37 bits per heavy atom. The van der Waals surface area contributed by atoms with Gasteiger partial charge in [-0.3, -0.25) is 4.98 Å². The van der Waals surface area contributed by atoms with E-state index in [9.17, 15) is 10.2 Å². The second-order valence-electron chi connectivity index (χ2n) is 4.38. The monoisotopic (exact) mass is 268 g/mol. The van der Waals surface area contributed by atoms with Crippen LogP contribution in [0.3, 0.4) is 0 Å². The van der Waals surface area contributed by atoms with E-state index >= 15 is 0 Å². The first-order valence-electron chi connectivity index (χ1n) is 5.76. The summed E-state index contributed by atoms with van der Waals surface area (Å²) in [7, 11) is 0. The minimum Gasteiger partial charge on any atom is -0.394 e. The number of nitrogen functional groups attached to an aromatic ring is 1. The number of imidazole rings is 1. The number of hydrogen-bond acceptors (Lipinski definition) is 7. The predicted octanol–water partition coefficient (Wildman–Crippen LogP) is -2.49. The van der Waals surface area contributed by atoms with Crippen LogP contribution in [0.15, 0.2) is 6.33 Å². The Hall–Kier alpha value is -1.81. The molecule has 9 heteroatoms. The molecule has 0 aliphatic carbocycles. The van der Waals surface area contributed by atoms with Crippen molar-refractivity contribution in [1.82, 2.24) is 15.0 Å². The molecular weight excluding hydrogens is 254 g/mol. The van der Waals surface area contributed by atoms with Crippen molar-refractivity contribution in [2.45, 2.75) is 24.4 Å². The van der Waals surface area contributed by atoms with Crippen LogP contribution in [0.2, 0.25) is 0 Å². The summed E-state index contributed by atoms with van der Waals surface area (Å²) in [6.07, 6.45) is -2.65. The number of fused-ring (bicyclic) bond motifs is 1. The van der Waals surface area contributed by atoms with Crippen LogP contribution >= 0.6 is 0 Å². The third-order valence-electron chi connectivity index (χ3n) is 3.18. The third-order valence-corrected chi connectivity index (χ3v) is 3.18. The highest BCUT2D eigenvalue weighted by Crippen LogP contribution is 2.32. The van der Waals surface area contributed by atoms with Gasteiger partial charge >= 0.3 is 5.65 Å². The summed E-state index contributed by atoms with van der Waals surface area (Å²) in [5.41, 5.74) is 6.79. The number of nitrogens with zero attached hydrogens (tertiary/aromatic N) is 2. The van der Waals surface area contributed by atoms with E-state index in [-0.39, 0.29) is 11.6 Å². The van der Waals surface area contributed by atoms with E-state index in [2.05, 4.69) is 19.9 Å². The molecule has 102 valence electrons. The number of nitrogens with two attached hydrogens (primary N) is 1. The fraction of sp³-hybridized carbons (Fsp3) is 0.500. The van der Waals surface area contributed by atoms with Crippen LogP contribution in [0.5, 0.6) is 0 Å². The van der Waals surface area contributed by atoms with E-state index < -0.39 is 31.0 Å². The first kappa shape index (κ1) is 12.2. The Labute approximate surface area is 107 Å². The van der Waals surface area contributed by atoms with Crippen molar-refractivity contribution in [2.24, 2.45) is 0 Å². The Kier molecular flexibility index (Phi) is 2.82. The number of aromatic amines is 2. The molecule has 2 aromatic rings. The molecule has 1 unspecified atom stereocenters. The van der Waals surface area contributed by atoms with Gasteiger partial charge < -0.3 is 25.8 Å². The number of nitrogens with one attached hydrogen (secondary N) is 2. The first-order valence-corrected chi connectivity index (χ1v) is 5.76. The smallest absolute Gasteiger partial charge is 0.305 e. The van der Waals surface area contributed by atoms with Crippen LogP contribution in [-0.2, 0) is 4.74 Å². The van der Waals surface area contributed by atoms with Gasteiger partial charge in [-0.05, 0) is 0 Å². The van der Waals surface area contributed by atoms with Gasteiger partial charge in [0.25, 0.3) is 0 Å². The van der Waals surface area contributed by atoms with Crippen molar-refractivity contribution in [1.29, 1.82) is 0 Å². The Morgan fingerprint density at radius 3 is 2.84 bits per heavy atom. The second-order valence-corrected chi connectivity index (χ2v) is 4.38. The summed E-state index contributed by atoms with van der Waals surface area (Å²) in [6, 6.07) is 0. The lowest BCUT2D eigenvalue weighted by Gasteiger charge is -2.11. The number of rotatable bonds is 2. The zero-order chi connectivity index (χ0) is 13.6. The molecule has 19 heavy (non-hydrogen) atoms. The molecule has 0 bridgehead atoms. The summed E-state index contributed by atoms with van der Waals surface area (Å²) in [5.74, 6) is 0.363. The predicted molar refractivity (Wildman–Crippen MR) is 61.6 cm³/mol. The molecule has 3 rings (SSSR count). The lowest BCUT2D eigenvalue weighted by molar-refractivity contribution is -0.347. The van der Waals surface area contributed by atoms with Gasteiger partial charge in [0, 0.05) is 0 Å². The highest BCUT2D eigenvalue weighted by Gasteiger charge is 2.46. The minimum atomic E-state index is -1.21. The zero-order valence-corrected chi connectivity index (χ0v) is 9.82. The summed E-state index contributed by atoms with van der Waals surface area (Å²) < 4.78 is 5.35. The number of hydrogen-bond donors (Lipinski definition) is 5. The van der Waals surface area contributed by atoms with Crippen molar-refractivity contribution in [3.8, 4) is 0 Å². The van der Waals surface area contributed by atoms with E-state index in [0.717, 1.165) is 0 Å². The van der Waals surface area contributed by atoms with Crippen LogP contribution in [0.25, 0.3) is 11.2 Å². The van der Waals surface area contributed by atoms with Crippen molar-refractivity contribution >= 4 is 17.0 Å². The van der Waals surface area contributed by atoms with Crippen molar-refractivity contribution in [3.63, 3.8) is 0 Å². The lowest BCUT2D eigenvalue weighted by atomic mass is 10.1. The zero-order valence-electron chi connectivity index (χ0n) is 9.82. The summed E-state index contributed by atoms with van der Waals surface area (Å²) in [5, 5.41) is 28.6. The SMILES string of the molecule is Nc1nc(C2O[C@H](CO)[C@@H](O)[C@@H]2O)nc2[nH+]c[nH]c12. The van der Waals surface area contributed by atoms with E-state index in [0.29, 0.717) is 11.2 Å². The van der Waals surface area contributed by atoms with Crippen molar-refractivity contribution < 1.29 is 25.0 Å². The van der Waals surface area contributed by atoms with Crippen molar-refractivity contribution in [2.75, 3.05) is 12.3 Å². The van der Waals surface area contributed by atoms with Gasteiger partial charge in [0.05, 0.1) is 6.61 Å². The summed E-state index contributed by atoms with van der Waals surface area (Å²) in [6.45, 7) is -0.400. The highest BCUT2D eigenvalue weighted by molar-refractivity contribution is 5.78. The molecule has 2 aromatic heterocycles. The minimum absolute atomic E-state index is 0.156. The number of aromatic nitrogens is 4. The maximum absolute atomic E-state index is 9.90. The maximum Gasteiger partial charge on any atom is 0.305 e. The van der Waals surface area contributed by atoms with Crippen molar-refractivity contribution in [3.05, 3.63) is 12.2 Å². The van der Waals surface area contributed by atoms with E-state index in [1.165, 1.54) is 0 Å². The van der Waals surface area contributed by atoms with Crippen LogP contribution in [0.1, 0.15) is 11.9 Å². The molecule has 9 nitrogen and oxygen atoms in total. The maximum atomic E-state index is 9.90. The Bertz CT molecular complexity index is 603. The normalized spacial score (nSPS) is 31.1. The van der Waals surface area contributed by atoms with Crippen LogP contribution < -0.4 is 10.7 Å². The number of anilines is 1. The van der Waals surface area contributed by atoms with E-state index in [4.69, 9.17) is 15.6 Å². The quantitative estimate of drug-likeness (QED) is 0.404. The molecule has 1 fully saturated rings. The number of aliphatic hydroxyl groups is 3. The largest absolute Gasteiger partial charge is 0.394 e. The topological polar surface area (TPSA) is 152 Å². The molecule has 1 saturated heterocycles. The Morgan fingerprint density at radius 2 is 2.16 bits per heavy atom. The molecule has 0 amide bonds. The van der Waals surface area contributed by atoms with Gasteiger partial charge in [-0.15, -0.1) is 0 Å². The lowest BCUT2D eigenvalue weighted by Crippen LogP contribution is -2.32. The van der Waals surface area contributed by atoms with E-state index in [1.807, 2.05) is 0 Å². The summed E-state index contributed by atoms with van der Waals surface area (Å²) >= 11 is 0. The van der Waals surface area contributed by atoms with Gasteiger partial charge in [-0.1, -0.05) is 4.98 Å². The average molecular weight is 268 g/mol. The van der Waals surface area contributed by atoms with Crippen LogP contribution in [-0.4, -0.2) is 55.2 Å². The van der Waals surface area contributed by atoms with Crippen LogP contribution in [0.4, 0.5) is 5.82 Å². The van der Waals surface area contributed by atoms with Gasteiger partial charge in [0.1, 0.15) is 18.3 Å². The third kappa shape index (κ3) is 1.83. The fourth-order valence-corrected chi connectivity index (χ4v) is 2.16. The van der Waals surface area contributed by atoms with Gasteiger partial charge in [-0.2, -0.15) is 4.98 Å².